The predicted octanol–water partition coefficient (Wildman–Crippen LogP) is 32.8. The highest BCUT2D eigenvalue weighted by Gasteiger charge is 2.49. The van der Waals surface area contributed by atoms with Gasteiger partial charge in [0.1, 0.15) is 22.3 Å². The molecule has 2 aliphatic rings. The summed E-state index contributed by atoms with van der Waals surface area (Å²) in [5.74, 6) is 0. The van der Waals surface area contributed by atoms with E-state index in [1.165, 1.54) is 94.6 Å². The number of rotatable bonds is 16. The van der Waals surface area contributed by atoms with Crippen LogP contribution < -0.4 is 9.80 Å². The van der Waals surface area contributed by atoms with E-state index in [1.807, 2.05) is 12.1 Å². The SMILES string of the molecule is c1ccc(-c2ccc(-c3cccc(N(c4cccc(-c5cccc6oc7ccccc7c56)c4)c4cccc5c4-c4ccccc4C5(c4ccccc4)c4ccccc4)c3)cc2)cc1.c1ccc(-c2ccc(-c3ccccc3N(c3cccc(-c4cccc5oc6ccccc6c45)c3)c3cccc4c3-c3ccccc3C4(c3ccccc3)c3ccccc3)cc2)cc1. The zero-order valence-corrected chi connectivity index (χ0v) is 69.1. The van der Waals surface area contributed by atoms with Gasteiger partial charge in [0.15, 0.2) is 0 Å². The quantitative estimate of drug-likeness (QED) is 0.0965. The fraction of sp³-hybridized carbons (Fsp3) is 0.0164. The number of hydrogen-bond donors (Lipinski definition) is 0. The Bertz CT molecular complexity index is 7730. The van der Waals surface area contributed by atoms with E-state index in [2.05, 4.69) is 495 Å². The molecule has 0 N–H and O–H groups in total. The molecule has 22 aromatic rings. The molecule has 0 aliphatic heterocycles. The molecule has 0 unspecified atom stereocenters. The number of hydrogen-bond acceptors (Lipinski definition) is 4. The molecule has 2 aliphatic carbocycles. The van der Waals surface area contributed by atoms with Crippen LogP contribution in [0.1, 0.15) is 44.5 Å². The third-order valence-corrected chi connectivity index (χ3v) is 25.9. The minimum Gasteiger partial charge on any atom is -0.456 e. The normalized spacial score (nSPS) is 12.6. The third kappa shape index (κ3) is 12.5. The summed E-state index contributed by atoms with van der Waals surface area (Å²) in [5, 5.41) is 4.49. The third-order valence-electron chi connectivity index (χ3n) is 25.9. The molecule has 2 heterocycles. The van der Waals surface area contributed by atoms with Crippen LogP contribution in [0.15, 0.2) is 506 Å². The Morgan fingerprint density at radius 1 is 0.167 bits per heavy atom. The molecule has 4 nitrogen and oxygen atoms in total. The van der Waals surface area contributed by atoms with E-state index in [0.717, 1.165) is 117 Å². The first-order valence-corrected chi connectivity index (χ1v) is 43.3. The number of fused-ring (bicyclic) bond motifs is 12. The Hall–Kier alpha value is -16.4. The van der Waals surface area contributed by atoms with Crippen molar-refractivity contribution in [1.29, 1.82) is 0 Å². The molecular weight excluding hydrogens is 1530 g/mol. The Morgan fingerprint density at radius 2 is 0.444 bits per heavy atom. The first kappa shape index (κ1) is 74.6. The number of para-hydroxylation sites is 3. The zero-order chi connectivity index (χ0) is 83.5. The van der Waals surface area contributed by atoms with Gasteiger partial charge in [0.05, 0.1) is 27.9 Å². The molecule has 592 valence electrons. The van der Waals surface area contributed by atoms with Crippen LogP contribution in [0.5, 0.6) is 0 Å². The van der Waals surface area contributed by atoms with Crippen molar-refractivity contribution in [1.82, 2.24) is 0 Å². The van der Waals surface area contributed by atoms with Crippen molar-refractivity contribution in [3.8, 4) is 89.0 Å². The summed E-state index contributed by atoms with van der Waals surface area (Å²) in [6.45, 7) is 0. The van der Waals surface area contributed by atoms with Crippen LogP contribution in [-0.4, -0.2) is 0 Å². The molecule has 0 saturated heterocycles. The van der Waals surface area contributed by atoms with Crippen molar-refractivity contribution < 1.29 is 8.83 Å². The van der Waals surface area contributed by atoms with Crippen molar-refractivity contribution in [2.75, 3.05) is 9.80 Å². The van der Waals surface area contributed by atoms with Crippen molar-refractivity contribution in [3.05, 3.63) is 542 Å². The van der Waals surface area contributed by atoms with Crippen LogP contribution in [0.4, 0.5) is 34.1 Å². The molecule has 4 heteroatoms. The largest absolute Gasteiger partial charge is 0.456 e. The van der Waals surface area contributed by atoms with Gasteiger partial charge in [0.25, 0.3) is 0 Å². The highest BCUT2D eigenvalue weighted by Crippen LogP contribution is 2.63. The van der Waals surface area contributed by atoms with Gasteiger partial charge in [-0.25, -0.2) is 0 Å². The zero-order valence-electron chi connectivity index (χ0n) is 69.1. The topological polar surface area (TPSA) is 32.8 Å². The molecule has 24 rings (SSSR count). The lowest BCUT2D eigenvalue weighted by atomic mass is 9.68. The van der Waals surface area contributed by atoms with Crippen LogP contribution in [0.2, 0.25) is 0 Å². The Kier molecular flexibility index (Phi) is 18.7. The summed E-state index contributed by atoms with van der Waals surface area (Å²) in [6, 6.07) is 181. The van der Waals surface area contributed by atoms with E-state index >= 15 is 0 Å². The van der Waals surface area contributed by atoms with Crippen LogP contribution >= 0.6 is 0 Å². The summed E-state index contributed by atoms with van der Waals surface area (Å²) in [6.07, 6.45) is 0. The van der Waals surface area contributed by atoms with Gasteiger partial charge < -0.3 is 18.6 Å². The number of nitrogens with zero attached hydrogens (tertiary/aromatic N) is 2. The highest BCUT2D eigenvalue weighted by atomic mass is 16.3. The lowest BCUT2D eigenvalue weighted by Gasteiger charge is -2.34. The Balaban J connectivity index is 0.000000145. The van der Waals surface area contributed by atoms with Gasteiger partial charge in [-0.15, -0.1) is 0 Å². The summed E-state index contributed by atoms with van der Waals surface area (Å²) >= 11 is 0. The number of furan rings is 2. The van der Waals surface area contributed by atoms with Crippen LogP contribution in [0.25, 0.3) is 133 Å². The number of anilines is 6. The second kappa shape index (κ2) is 31.6. The maximum Gasteiger partial charge on any atom is 0.136 e. The summed E-state index contributed by atoms with van der Waals surface area (Å²) < 4.78 is 12.8. The molecule has 2 aromatic heterocycles. The van der Waals surface area contributed by atoms with E-state index in [9.17, 15) is 0 Å². The standard InChI is InChI=1S/2C61H41NO/c1-4-19-42(20-5-1)43-37-39-44(40-38-43)49-27-11-14-33-55(49)62(48-26-16-21-45(41-48)50-30-17-36-58-59(50)52-29-12-15-35-57(52)63-58)56-34-18-32-54-60(56)51-28-10-13-31-53(51)61(54,46-22-6-2-7-23-46)47-24-8-3-9-25-47;1-4-18-42(19-5-1)43-36-38-44(39-37-43)45-20-14-26-49(40-45)62(50-27-15-21-46(41-50)51-30-16-35-58-59(51)53-29-11-13-34-57(53)63-58)56-33-17-32-55-60(56)52-28-10-12-31-54(52)61(55,47-22-6-2-7-23-47)48-24-8-3-9-25-48/h2*1-41H. The van der Waals surface area contributed by atoms with E-state index < -0.39 is 10.8 Å². The predicted molar refractivity (Wildman–Crippen MR) is 524 cm³/mol. The fourth-order valence-electron chi connectivity index (χ4n) is 20.5. The second-order valence-corrected chi connectivity index (χ2v) is 32.7. The smallest absolute Gasteiger partial charge is 0.136 e. The molecule has 20 aromatic carbocycles. The fourth-order valence-corrected chi connectivity index (χ4v) is 20.5. The Labute approximate surface area is 733 Å². The van der Waals surface area contributed by atoms with E-state index in [1.54, 1.807) is 0 Å². The van der Waals surface area contributed by atoms with Gasteiger partial charge in [-0.3, -0.25) is 0 Å². The Morgan fingerprint density at radius 3 is 0.889 bits per heavy atom. The lowest BCUT2D eigenvalue weighted by molar-refractivity contribution is 0.668. The summed E-state index contributed by atoms with van der Waals surface area (Å²) in [7, 11) is 0. The molecule has 0 bridgehead atoms. The molecule has 126 heavy (non-hydrogen) atoms. The van der Waals surface area contributed by atoms with E-state index in [-0.39, 0.29) is 0 Å². The molecule has 0 fully saturated rings. The lowest BCUT2D eigenvalue weighted by Crippen LogP contribution is -2.28. The van der Waals surface area contributed by atoms with Crippen molar-refractivity contribution >= 4 is 78.0 Å². The maximum absolute atomic E-state index is 6.40. The van der Waals surface area contributed by atoms with E-state index in [4.69, 9.17) is 8.83 Å². The first-order valence-electron chi connectivity index (χ1n) is 43.3. The number of benzene rings is 20. The first-order chi connectivity index (χ1) is 62.5. The minimum absolute atomic E-state index is 0.529. The summed E-state index contributed by atoms with van der Waals surface area (Å²) in [4.78, 5) is 4.97. The van der Waals surface area contributed by atoms with Crippen molar-refractivity contribution in [2.24, 2.45) is 0 Å². The van der Waals surface area contributed by atoms with Gasteiger partial charge in [-0.1, -0.05) is 419 Å². The van der Waals surface area contributed by atoms with Crippen molar-refractivity contribution in [2.45, 2.75) is 10.8 Å². The minimum atomic E-state index is -0.539. The molecular formula is C122H82N2O2. The van der Waals surface area contributed by atoms with E-state index in [0.29, 0.717) is 0 Å². The van der Waals surface area contributed by atoms with Gasteiger partial charge in [0.2, 0.25) is 0 Å². The summed E-state index contributed by atoms with van der Waals surface area (Å²) in [5.41, 5.74) is 38.0. The average Bonchev–Trinajstić information content (AvgIpc) is 1.53. The van der Waals surface area contributed by atoms with Crippen LogP contribution in [0, 0.1) is 0 Å². The van der Waals surface area contributed by atoms with Gasteiger partial charge in [-0.05, 0) is 196 Å². The van der Waals surface area contributed by atoms with Crippen LogP contribution in [0.3, 0.4) is 0 Å². The van der Waals surface area contributed by atoms with Gasteiger partial charge >= 0.3 is 0 Å². The maximum atomic E-state index is 6.40. The molecule has 0 atom stereocenters. The molecule has 0 radical (unpaired) electrons. The van der Waals surface area contributed by atoms with Gasteiger partial charge in [0, 0.05) is 55.3 Å². The average molecular weight is 1610 g/mol. The molecule has 0 amide bonds. The monoisotopic (exact) mass is 1610 g/mol. The highest BCUT2D eigenvalue weighted by molar-refractivity contribution is 6.14. The molecule has 0 spiro atoms. The van der Waals surface area contributed by atoms with Crippen molar-refractivity contribution in [3.63, 3.8) is 0 Å². The molecule has 0 saturated carbocycles. The van der Waals surface area contributed by atoms with Gasteiger partial charge in [-0.2, -0.15) is 0 Å². The second-order valence-electron chi connectivity index (χ2n) is 32.7. The van der Waals surface area contributed by atoms with Crippen LogP contribution in [-0.2, 0) is 10.8 Å².